The van der Waals surface area contributed by atoms with Crippen molar-refractivity contribution in [2.24, 2.45) is 5.73 Å². The Morgan fingerprint density at radius 2 is 1.68 bits per heavy atom. The van der Waals surface area contributed by atoms with E-state index in [1.54, 1.807) is 7.11 Å². The fourth-order valence-electron chi connectivity index (χ4n) is 4.73. The second kappa shape index (κ2) is 10.5. The molecule has 6 heteroatoms. The van der Waals surface area contributed by atoms with Crippen LogP contribution in [0.5, 0.6) is 11.5 Å². The summed E-state index contributed by atoms with van der Waals surface area (Å²) >= 11 is 0. The van der Waals surface area contributed by atoms with Gasteiger partial charge in [-0.3, -0.25) is 4.90 Å². The van der Waals surface area contributed by atoms with E-state index in [9.17, 15) is 0 Å². The van der Waals surface area contributed by atoms with Crippen molar-refractivity contribution in [3.63, 3.8) is 0 Å². The third-order valence-corrected chi connectivity index (χ3v) is 6.76. The summed E-state index contributed by atoms with van der Waals surface area (Å²) in [5, 5.41) is 3.65. The van der Waals surface area contributed by atoms with E-state index in [1.807, 2.05) is 36.4 Å². The van der Waals surface area contributed by atoms with E-state index in [4.69, 9.17) is 20.2 Å². The number of methoxy groups -OCH3 is 1. The SMILES string of the molecule is COc1ccc(-c2cc(NC3CC(N)C3)cc(-c3cccc(OCCN4CCCC4)c3)n2)cc1. The maximum absolute atomic E-state index is 6.09. The summed E-state index contributed by atoms with van der Waals surface area (Å²) in [6, 6.07) is 21.2. The Balaban J connectivity index is 1.38. The normalized spacial score (nSPS) is 20.1. The molecule has 2 heterocycles. The molecule has 3 N–H and O–H groups in total. The first-order valence-electron chi connectivity index (χ1n) is 12.3. The lowest BCUT2D eigenvalue weighted by Crippen LogP contribution is -2.44. The first-order chi connectivity index (χ1) is 16.7. The summed E-state index contributed by atoms with van der Waals surface area (Å²) in [7, 11) is 1.68. The summed E-state index contributed by atoms with van der Waals surface area (Å²) in [6.45, 7) is 4.06. The fraction of sp³-hybridized carbons (Fsp3) is 0.393. The molecule has 1 aliphatic carbocycles. The Hall–Kier alpha value is -3.09. The number of nitrogens with two attached hydrogens (primary N) is 1. The number of nitrogens with zero attached hydrogens (tertiary/aromatic N) is 2. The van der Waals surface area contributed by atoms with Gasteiger partial charge in [-0.05, 0) is 87.3 Å². The van der Waals surface area contributed by atoms with Crippen LogP contribution < -0.4 is 20.5 Å². The molecule has 6 nitrogen and oxygen atoms in total. The number of anilines is 1. The van der Waals surface area contributed by atoms with Crippen LogP contribution in [0.2, 0.25) is 0 Å². The van der Waals surface area contributed by atoms with E-state index >= 15 is 0 Å². The van der Waals surface area contributed by atoms with Gasteiger partial charge in [0.25, 0.3) is 0 Å². The van der Waals surface area contributed by atoms with E-state index in [0.717, 1.165) is 59.1 Å². The highest BCUT2D eigenvalue weighted by Gasteiger charge is 2.26. The minimum absolute atomic E-state index is 0.300. The van der Waals surface area contributed by atoms with Crippen LogP contribution >= 0.6 is 0 Å². The Morgan fingerprint density at radius 1 is 0.941 bits per heavy atom. The predicted molar refractivity (Wildman–Crippen MR) is 137 cm³/mol. The molecular formula is C28H34N4O2. The zero-order chi connectivity index (χ0) is 23.3. The summed E-state index contributed by atoms with van der Waals surface area (Å²) in [5.74, 6) is 1.72. The smallest absolute Gasteiger partial charge is 0.120 e. The maximum Gasteiger partial charge on any atom is 0.120 e. The summed E-state index contributed by atoms with van der Waals surface area (Å²) in [5.41, 5.74) is 11.0. The van der Waals surface area contributed by atoms with E-state index in [-0.39, 0.29) is 0 Å². The topological polar surface area (TPSA) is 72.6 Å². The van der Waals surface area contributed by atoms with Crippen LogP contribution in [0.15, 0.2) is 60.7 Å². The van der Waals surface area contributed by atoms with Gasteiger partial charge in [0.15, 0.2) is 0 Å². The van der Waals surface area contributed by atoms with Crippen LogP contribution in [0.1, 0.15) is 25.7 Å². The summed E-state index contributed by atoms with van der Waals surface area (Å²) in [4.78, 5) is 7.48. The molecule has 0 atom stereocenters. The molecule has 0 bridgehead atoms. The molecule has 2 aromatic carbocycles. The van der Waals surface area contributed by atoms with E-state index in [0.29, 0.717) is 18.7 Å². The molecule has 34 heavy (non-hydrogen) atoms. The summed E-state index contributed by atoms with van der Waals surface area (Å²) in [6.07, 6.45) is 4.59. The maximum atomic E-state index is 6.09. The van der Waals surface area contributed by atoms with Gasteiger partial charge in [0.1, 0.15) is 18.1 Å². The van der Waals surface area contributed by atoms with E-state index < -0.39 is 0 Å². The van der Waals surface area contributed by atoms with Gasteiger partial charge in [-0.15, -0.1) is 0 Å². The van der Waals surface area contributed by atoms with Crippen molar-refractivity contribution in [2.45, 2.75) is 37.8 Å². The fourth-order valence-corrected chi connectivity index (χ4v) is 4.73. The van der Waals surface area contributed by atoms with Gasteiger partial charge in [-0.2, -0.15) is 0 Å². The predicted octanol–water partition coefficient (Wildman–Crippen LogP) is 4.80. The Kier molecular flexibility index (Phi) is 6.97. The van der Waals surface area contributed by atoms with Crippen LogP contribution in [0.3, 0.4) is 0 Å². The number of likely N-dealkylation sites (tertiary alicyclic amines) is 1. The van der Waals surface area contributed by atoms with Crippen molar-refractivity contribution in [1.82, 2.24) is 9.88 Å². The van der Waals surface area contributed by atoms with Gasteiger partial charge in [-0.25, -0.2) is 4.98 Å². The van der Waals surface area contributed by atoms with Crippen molar-refractivity contribution in [3.05, 3.63) is 60.7 Å². The lowest BCUT2D eigenvalue weighted by atomic mass is 9.87. The van der Waals surface area contributed by atoms with Gasteiger partial charge >= 0.3 is 0 Å². The lowest BCUT2D eigenvalue weighted by Gasteiger charge is -2.34. The van der Waals surface area contributed by atoms with Crippen molar-refractivity contribution in [3.8, 4) is 34.0 Å². The number of hydrogen-bond acceptors (Lipinski definition) is 6. The average molecular weight is 459 g/mol. The lowest BCUT2D eigenvalue weighted by molar-refractivity contribution is 0.238. The number of ether oxygens (including phenoxy) is 2. The van der Waals surface area contributed by atoms with Crippen LogP contribution in [-0.4, -0.2) is 55.3 Å². The molecular weight excluding hydrogens is 424 g/mol. The van der Waals surface area contributed by atoms with Crippen LogP contribution in [0.25, 0.3) is 22.5 Å². The average Bonchev–Trinajstić information content (AvgIpc) is 3.37. The van der Waals surface area contributed by atoms with Crippen molar-refractivity contribution in [2.75, 3.05) is 38.7 Å². The quantitative estimate of drug-likeness (QED) is 0.480. The zero-order valence-electron chi connectivity index (χ0n) is 19.9. The molecule has 1 saturated heterocycles. The van der Waals surface area contributed by atoms with Gasteiger partial charge in [0.05, 0.1) is 18.5 Å². The largest absolute Gasteiger partial charge is 0.497 e. The monoisotopic (exact) mass is 458 g/mol. The number of pyridine rings is 1. The van der Waals surface area contributed by atoms with Crippen molar-refractivity contribution in [1.29, 1.82) is 0 Å². The van der Waals surface area contributed by atoms with E-state index in [1.165, 1.54) is 25.9 Å². The molecule has 2 fully saturated rings. The van der Waals surface area contributed by atoms with Crippen molar-refractivity contribution < 1.29 is 9.47 Å². The van der Waals surface area contributed by atoms with Crippen LogP contribution in [0.4, 0.5) is 5.69 Å². The molecule has 0 unspecified atom stereocenters. The Labute approximate surface area is 202 Å². The van der Waals surface area contributed by atoms with Crippen LogP contribution in [-0.2, 0) is 0 Å². The number of aromatic nitrogens is 1. The first-order valence-corrected chi connectivity index (χ1v) is 12.3. The Bertz CT molecular complexity index is 1090. The zero-order valence-corrected chi connectivity index (χ0v) is 19.9. The molecule has 5 rings (SSSR count). The Morgan fingerprint density at radius 3 is 2.38 bits per heavy atom. The minimum atomic E-state index is 0.300. The molecule has 3 aromatic rings. The highest BCUT2D eigenvalue weighted by atomic mass is 16.5. The van der Waals surface area contributed by atoms with Crippen molar-refractivity contribution >= 4 is 5.69 Å². The molecule has 0 amide bonds. The third kappa shape index (κ3) is 5.51. The first kappa shape index (κ1) is 22.7. The number of rotatable bonds is 9. The van der Waals surface area contributed by atoms with Crippen LogP contribution in [0, 0.1) is 0 Å². The number of benzene rings is 2. The van der Waals surface area contributed by atoms with Gasteiger partial charge < -0.3 is 20.5 Å². The molecule has 1 aliphatic heterocycles. The second-order valence-corrected chi connectivity index (χ2v) is 9.35. The standard InChI is InChI=1S/C28H34N4O2/c1-33-25-9-7-20(8-10-25)27-18-24(30-23-16-22(29)17-23)19-28(31-27)21-5-4-6-26(15-21)34-14-13-32-11-2-3-12-32/h4-10,15,18-19,22-23H,2-3,11-14,16-17,29H2,1H3,(H,30,31). The highest BCUT2D eigenvalue weighted by Crippen LogP contribution is 2.31. The number of hydrogen-bond donors (Lipinski definition) is 2. The molecule has 0 spiro atoms. The molecule has 2 aliphatic rings. The minimum Gasteiger partial charge on any atom is -0.497 e. The summed E-state index contributed by atoms with van der Waals surface area (Å²) < 4.78 is 11.4. The van der Waals surface area contributed by atoms with E-state index in [2.05, 4.69) is 34.5 Å². The van der Waals surface area contributed by atoms with Gasteiger partial charge in [0.2, 0.25) is 0 Å². The van der Waals surface area contributed by atoms with Gasteiger partial charge in [-0.1, -0.05) is 12.1 Å². The molecule has 0 radical (unpaired) electrons. The molecule has 1 saturated carbocycles. The van der Waals surface area contributed by atoms with Gasteiger partial charge in [0, 0.05) is 35.4 Å². The molecule has 1 aromatic heterocycles. The highest BCUT2D eigenvalue weighted by molar-refractivity contribution is 5.73. The third-order valence-electron chi connectivity index (χ3n) is 6.76. The second-order valence-electron chi connectivity index (χ2n) is 9.35. The molecule has 178 valence electrons. The number of nitrogens with one attached hydrogen (secondary N) is 1.